The molecule has 1 N–H and O–H groups in total. The third-order valence-corrected chi connectivity index (χ3v) is 4.61. The van der Waals surface area contributed by atoms with E-state index in [0.29, 0.717) is 11.5 Å². The number of hydrogen-bond donors (Lipinski definition) is 1. The van der Waals surface area contributed by atoms with Gasteiger partial charge in [0.05, 0.1) is 5.56 Å². The molecule has 1 saturated heterocycles. The lowest BCUT2D eigenvalue weighted by atomic mass is 10.1. The third-order valence-electron chi connectivity index (χ3n) is 4.61. The number of carbonyl (C=O) groups is 1. The number of rotatable bonds is 4. The molecule has 3 aromatic rings. The van der Waals surface area contributed by atoms with Gasteiger partial charge in [0.1, 0.15) is 17.5 Å². The number of nitrogens with zero attached hydrogens (tertiary/aromatic N) is 2. The van der Waals surface area contributed by atoms with Crippen molar-refractivity contribution in [2.45, 2.75) is 25.1 Å². The Balaban J connectivity index is 1.55. The number of pyridine rings is 1. The quantitative estimate of drug-likeness (QED) is 0.530. The minimum atomic E-state index is -4.52. The molecule has 9 heteroatoms. The maximum Gasteiger partial charge on any atom is 0.416 e. The molecule has 6 nitrogen and oxygen atoms in total. The van der Waals surface area contributed by atoms with E-state index in [1.165, 1.54) is 18.3 Å². The van der Waals surface area contributed by atoms with Crippen molar-refractivity contribution < 1.29 is 27.4 Å². The van der Waals surface area contributed by atoms with E-state index in [-0.39, 0.29) is 17.5 Å². The lowest BCUT2D eigenvalue weighted by Gasteiger charge is -2.24. The van der Waals surface area contributed by atoms with Crippen LogP contribution in [0.3, 0.4) is 0 Å². The monoisotopic (exact) mass is 405 g/mol. The molecule has 0 amide bonds. The Hall–Kier alpha value is -3.07. The molecule has 152 valence electrons. The van der Waals surface area contributed by atoms with Crippen LogP contribution in [0.5, 0.6) is 11.6 Å². The predicted octanol–water partition coefficient (Wildman–Crippen LogP) is 3.70. The number of halogens is 3. The molecule has 0 spiro atoms. The van der Waals surface area contributed by atoms with Crippen molar-refractivity contribution in [3.63, 3.8) is 0 Å². The Morgan fingerprint density at radius 3 is 2.66 bits per heavy atom. The predicted molar refractivity (Wildman–Crippen MR) is 98.1 cm³/mol. The number of benzene rings is 1. The van der Waals surface area contributed by atoms with Gasteiger partial charge in [-0.3, -0.25) is 4.40 Å². The van der Waals surface area contributed by atoms with E-state index >= 15 is 0 Å². The van der Waals surface area contributed by atoms with Crippen molar-refractivity contribution >= 4 is 11.6 Å². The number of imidazole rings is 1. The van der Waals surface area contributed by atoms with E-state index in [2.05, 4.69) is 10.3 Å². The number of ether oxygens (including phenoxy) is 2. The molecule has 0 atom stereocenters. The van der Waals surface area contributed by atoms with Gasteiger partial charge in [0, 0.05) is 6.20 Å². The van der Waals surface area contributed by atoms with Crippen LogP contribution >= 0.6 is 0 Å². The fourth-order valence-electron chi connectivity index (χ4n) is 3.16. The van der Waals surface area contributed by atoms with Crippen molar-refractivity contribution in [1.82, 2.24) is 14.7 Å². The first kappa shape index (κ1) is 19.3. The summed E-state index contributed by atoms with van der Waals surface area (Å²) in [6.45, 7) is 1.75. The maximum absolute atomic E-state index is 12.8. The number of piperidine rings is 1. The molecule has 29 heavy (non-hydrogen) atoms. The van der Waals surface area contributed by atoms with Crippen molar-refractivity contribution in [3.8, 4) is 11.6 Å². The van der Waals surface area contributed by atoms with E-state index in [9.17, 15) is 18.0 Å². The molecule has 1 aliphatic heterocycles. The highest BCUT2D eigenvalue weighted by molar-refractivity contribution is 5.89. The molecule has 4 rings (SSSR count). The van der Waals surface area contributed by atoms with E-state index in [4.69, 9.17) is 9.47 Å². The molecular formula is C20H18F3N3O3. The summed E-state index contributed by atoms with van der Waals surface area (Å²) in [6.07, 6.45) is -1.26. The van der Waals surface area contributed by atoms with Gasteiger partial charge in [-0.25, -0.2) is 9.78 Å². The zero-order chi connectivity index (χ0) is 20.4. The fourth-order valence-corrected chi connectivity index (χ4v) is 3.16. The fraction of sp³-hybridized carbons (Fsp3) is 0.300. The van der Waals surface area contributed by atoms with E-state index in [1.54, 1.807) is 22.6 Å². The Morgan fingerprint density at radius 1 is 1.14 bits per heavy atom. The second-order valence-electron chi connectivity index (χ2n) is 6.70. The standard InChI is InChI=1S/C20H18F3N3O3/c21-20(22,23)13-3-1-4-15(11-13)29-19(27)16-12-26-17(25-16)5-2-6-18(26)28-14-7-9-24-10-8-14/h1-6,11-12,14,24H,7-10H2. The van der Waals surface area contributed by atoms with Crippen molar-refractivity contribution in [1.29, 1.82) is 0 Å². The van der Waals surface area contributed by atoms with Crippen molar-refractivity contribution in [2.24, 2.45) is 0 Å². The minimum absolute atomic E-state index is 0.0243. The molecular weight excluding hydrogens is 387 g/mol. The number of alkyl halides is 3. The Morgan fingerprint density at radius 2 is 1.90 bits per heavy atom. The van der Waals surface area contributed by atoms with Gasteiger partial charge >= 0.3 is 12.1 Å². The average Bonchev–Trinajstić information content (AvgIpc) is 3.14. The molecule has 0 unspecified atom stereocenters. The van der Waals surface area contributed by atoms with Gasteiger partial charge in [-0.1, -0.05) is 12.1 Å². The van der Waals surface area contributed by atoms with Crippen LogP contribution < -0.4 is 14.8 Å². The number of carbonyl (C=O) groups excluding carboxylic acids is 1. The zero-order valence-electron chi connectivity index (χ0n) is 15.3. The lowest BCUT2D eigenvalue weighted by Crippen LogP contribution is -2.34. The molecule has 0 aliphatic carbocycles. The Bertz CT molecular complexity index is 1030. The third kappa shape index (κ3) is 4.34. The van der Waals surface area contributed by atoms with Gasteiger partial charge in [0.25, 0.3) is 0 Å². The molecule has 3 heterocycles. The normalized spacial score (nSPS) is 15.4. The number of hydrogen-bond acceptors (Lipinski definition) is 5. The van der Waals surface area contributed by atoms with Gasteiger partial charge in [-0.15, -0.1) is 0 Å². The van der Waals surface area contributed by atoms with Crippen molar-refractivity contribution in [2.75, 3.05) is 13.1 Å². The number of fused-ring (bicyclic) bond motifs is 1. The summed E-state index contributed by atoms with van der Waals surface area (Å²) >= 11 is 0. The molecule has 1 fully saturated rings. The molecule has 0 saturated carbocycles. The van der Waals surface area contributed by atoms with Gasteiger partial charge in [-0.2, -0.15) is 13.2 Å². The Kier molecular flexibility index (Phi) is 5.14. The summed E-state index contributed by atoms with van der Waals surface area (Å²) in [5.41, 5.74) is -0.438. The van der Waals surface area contributed by atoms with Crippen LogP contribution in [0.1, 0.15) is 28.9 Å². The highest BCUT2D eigenvalue weighted by atomic mass is 19.4. The first-order valence-corrected chi connectivity index (χ1v) is 9.15. The summed E-state index contributed by atoms with van der Waals surface area (Å²) in [4.78, 5) is 16.6. The first-order valence-electron chi connectivity index (χ1n) is 9.15. The van der Waals surface area contributed by atoms with E-state index in [0.717, 1.165) is 38.1 Å². The Labute approximate surface area is 164 Å². The smallest absolute Gasteiger partial charge is 0.416 e. The average molecular weight is 405 g/mol. The van der Waals surface area contributed by atoms with Crippen LogP contribution in [0, 0.1) is 0 Å². The number of nitrogens with one attached hydrogen (secondary N) is 1. The van der Waals surface area contributed by atoms with Gasteiger partial charge in [0.15, 0.2) is 11.6 Å². The van der Waals surface area contributed by atoms with Crippen LogP contribution in [-0.2, 0) is 6.18 Å². The summed E-state index contributed by atoms with van der Waals surface area (Å²) in [7, 11) is 0. The maximum atomic E-state index is 12.8. The van der Waals surface area contributed by atoms with Crippen LogP contribution in [-0.4, -0.2) is 34.5 Å². The number of aromatic nitrogens is 2. The summed E-state index contributed by atoms with van der Waals surface area (Å²) < 4.78 is 51.3. The minimum Gasteiger partial charge on any atom is -0.475 e. The molecule has 1 aliphatic rings. The number of esters is 1. The summed E-state index contributed by atoms with van der Waals surface area (Å²) in [5, 5.41) is 3.26. The van der Waals surface area contributed by atoms with Crippen LogP contribution in [0.2, 0.25) is 0 Å². The largest absolute Gasteiger partial charge is 0.475 e. The van der Waals surface area contributed by atoms with E-state index < -0.39 is 17.7 Å². The molecule has 0 bridgehead atoms. The molecule has 2 aromatic heterocycles. The summed E-state index contributed by atoms with van der Waals surface area (Å²) in [6, 6.07) is 9.40. The van der Waals surface area contributed by atoms with Crippen LogP contribution in [0.25, 0.3) is 5.65 Å². The van der Waals surface area contributed by atoms with Gasteiger partial charge < -0.3 is 14.8 Å². The van der Waals surface area contributed by atoms with Gasteiger partial charge in [0.2, 0.25) is 0 Å². The summed E-state index contributed by atoms with van der Waals surface area (Å²) in [5.74, 6) is -0.506. The second-order valence-corrected chi connectivity index (χ2v) is 6.70. The highest BCUT2D eigenvalue weighted by Gasteiger charge is 2.31. The zero-order valence-corrected chi connectivity index (χ0v) is 15.3. The topological polar surface area (TPSA) is 64.9 Å². The SMILES string of the molecule is O=C(Oc1cccc(C(F)(F)F)c1)c1cn2c(OC3CCNCC3)cccc2n1. The van der Waals surface area contributed by atoms with Crippen molar-refractivity contribution in [3.05, 3.63) is 59.9 Å². The highest BCUT2D eigenvalue weighted by Crippen LogP contribution is 2.31. The molecule has 1 aromatic carbocycles. The first-order chi connectivity index (χ1) is 13.9. The van der Waals surface area contributed by atoms with E-state index in [1.807, 2.05) is 0 Å². The lowest BCUT2D eigenvalue weighted by molar-refractivity contribution is -0.137. The molecule has 0 radical (unpaired) electrons. The van der Waals surface area contributed by atoms with Gasteiger partial charge in [-0.05, 0) is 56.3 Å². The second kappa shape index (κ2) is 7.75. The van der Waals surface area contributed by atoms with Crippen LogP contribution in [0.4, 0.5) is 13.2 Å². The van der Waals surface area contributed by atoms with Crippen LogP contribution in [0.15, 0.2) is 48.7 Å².